The minimum absolute atomic E-state index is 0.163. The number of amides is 1. The SMILES string of the molecule is COc1ccc2nc(Cl)c([C@@H]3CC(c4cccc(Cl)c4)=NN3C(C)=O)cc2c1. The van der Waals surface area contributed by atoms with Gasteiger partial charge in [-0.3, -0.25) is 4.79 Å². The van der Waals surface area contributed by atoms with E-state index in [4.69, 9.17) is 27.9 Å². The summed E-state index contributed by atoms with van der Waals surface area (Å²) in [4.78, 5) is 16.8. The summed E-state index contributed by atoms with van der Waals surface area (Å²) < 4.78 is 5.30. The molecule has 5 nitrogen and oxygen atoms in total. The van der Waals surface area contributed by atoms with Gasteiger partial charge in [0.15, 0.2) is 0 Å². The molecule has 0 radical (unpaired) electrons. The molecule has 2 aromatic carbocycles. The smallest absolute Gasteiger partial charge is 0.240 e. The van der Waals surface area contributed by atoms with Crippen molar-refractivity contribution in [2.45, 2.75) is 19.4 Å². The van der Waals surface area contributed by atoms with Gasteiger partial charge < -0.3 is 4.74 Å². The predicted octanol–water partition coefficient (Wildman–Crippen LogP) is 5.25. The summed E-state index contributed by atoms with van der Waals surface area (Å²) in [6, 6.07) is 14.6. The molecule has 2 heterocycles. The maximum atomic E-state index is 12.3. The molecule has 142 valence electrons. The summed E-state index contributed by atoms with van der Waals surface area (Å²) in [6.07, 6.45) is 0.525. The lowest BCUT2D eigenvalue weighted by atomic mass is 9.98. The number of carbonyl (C=O) groups is 1. The fourth-order valence-corrected chi connectivity index (χ4v) is 3.86. The highest BCUT2D eigenvalue weighted by Gasteiger charge is 2.33. The molecule has 1 aromatic heterocycles. The maximum absolute atomic E-state index is 12.3. The maximum Gasteiger partial charge on any atom is 0.240 e. The molecular weight excluding hydrogens is 397 g/mol. The van der Waals surface area contributed by atoms with Gasteiger partial charge in [0.1, 0.15) is 10.9 Å². The molecular formula is C21H17Cl2N3O2. The summed E-state index contributed by atoms with van der Waals surface area (Å²) in [5.74, 6) is 0.567. The number of aromatic nitrogens is 1. The molecule has 1 atom stereocenters. The van der Waals surface area contributed by atoms with E-state index in [1.165, 1.54) is 11.9 Å². The standard InChI is InChI=1S/C21H17Cl2N3O2/c1-12(27)26-20(11-19(25-26)13-4-3-5-15(22)8-13)17-10-14-9-16(28-2)6-7-18(14)24-21(17)23/h3-10,20H,11H2,1-2H3/t20-/m0/s1. The molecule has 0 saturated carbocycles. The van der Waals surface area contributed by atoms with Gasteiger partial charge in [-0.1, -0.05) is 35.3 Å². The zero-order valence-electron chi connectivity index (χ0n) is 15.3. The third kappa shape index (κ3) is 3.43. The van der Waals surface area contributed by atoms with Crippen LogP contribution in [0, 0.1) is 0 Å². The van der Waals surface area contributed by atoms with Gasteiger partial charge >= 0.3 is 0 Å². The molecule has 0 spiro atoms. The van der Waals surface area contributed by atoms with Crippen LogP contribution in [0.25, 0.3) is 10.9 Å². The average molecular weight is 414 g/mol. The van der Waals surface area contributed by atoms with Gasteiger partial charge in [0.2, 0.25) is 5.91 Å². The summed E-state index contributed by atoms with van der Waals surface area (Å²) in [5.41, 5.74) is 3.17. The van der Waals surface area contributed by atoms with Gasteiger partial charge in [-0.15, -0.1) is 0 Å². The minimum Gasteiger partial charge on any atom is -0.497 e. The normalized spacial score (nSPS) is 16.4. The Bertz CT molecular complexity index is 1110. The Hall–Kier alpha value is -2.63. The number of methoxy groups -OCH3 is 1. The first-order valence-electron chi connectivity index (χ1n) is 8.73. The fourth-order valence-electron chi connectivity index (χ4n) is 3.39. The molecule has 0 fully saturated rings. The van der Waals surface area contributed by atoms with E-state index in [9.17, 15) is 4.79 Å². The highest BCUT2D eigenvalue weighted by molar-refractivity contribution is 6.31. The molecule has 4 rings (SSSR count). The first kappa shape index (κ1) is 18.7. The first-order chi connectivity index (χ1) is 13.5. The number of nitrogens with zero attached hydrogens (tertiary/aromatic N) is 3. The number of pyridine rings is 1. The number of halogens is 2. The zero-order chi connectivity index (χ0) is 19.8. The Kier molecular flexibility index (Phi) is 4.96. The number of ether oxygens (including phenoxy) is 1. The molecule has 0 bridgehead atoms. The number of fused-ring (bicyclic) bond motifs is 1. The van der Waals surface area contributed by atoms with Crippen LogP contribution >= 0.6 is 23.2 Å². The van der Waals surface area contributed by atoms with Crippen molar-refractivity contribution in [3.05, 3.63) is 69.8 Å². The zero-order valence-corrected chi connectivity index (χ0v) is 16.8. The number of benzene rings is 2. The highest BCUT2D eigenvalue weighted by atomic mass is 35.5. The molecule has 1 amide bonds. The second-order valence-electron chi connectivity index (χ2n) is 6.57. The summed E-state index contributed by atoms with van der Waals surface area (Å²) in [6.45, 7) is 1.49. The van der Waals surface area contributed by atoms with Crippen molar-refractivity contribution >= 4 is 45.7 Å². The predicted molar refractivity (Wildman–Crippen MR) is 111 cm³/mol. The van der Waals surface area contributed by atoms with Crippen LogP contribution in [0.4, 0.5) is 0 Å². The van der Waals surface area contributed by atoms with Crippen molar-refractivity contribution in [3.63, 3.8) is 0 Å². The van der Waals surface area contributed by atoms with Gasteiger partial charge in [-0.2, -0.15) is 5.10 Å². The molecule has 1 aliphatic rings. The van der Waals surface area contributed by atoms with Crippen LogP contribution in [0.3, 0.4) is 0 Å². The topological polar surface area (TPSA) is 54.8 Å². The molecule has 28 heavy (non-hydrogen) atoms. The average Bonchev–Trinajstić information content (AvgIpc) is 3.12. The molecule has 0 N–H and O–H groups in total. The largest absolute Gasteiger partial charge is 0.497 e. The Morgan fingerprint density at radius 2 is 2.00 bits per heavy atom. The van der Waals surface area contributed by atoms with Crippen molar-refractivity contribution in [1.82, 2.24) is 9.99 Å². The Balaban J connectivity index is 1.77. The van der Waals surface area contributed by atoms with Gasteiger partial charge in [-0.05, 0) is 42.0 Å². The van der Waals surface area contributed by atoms with Gasteiger partial charge in [0.05, 0.1) is 24.4 Å². The third-order valence-electron chi connectivity index (χ3n) is 4.75. The minimum atomic E-state index is -0.331. The van der Waals surface area contributed by atoms with E-state index < -0.39 is 0 Å². The molecule has 3 aromatic rings. The van der Waals surface area contributed by atoms with Crippen LogP contribution in [0.15, 0.2) is 53.6 Å². The first-order valence-corrected chi connectivity index (χ1v) is 9.49. The van der Waals surface area contributed by atoms with Crippen molar-refractivity contribution < 1.29 is 9.53 Å². The van der Waals surface area contributed by atoms with E-state index in [1.54, 1.807) is 13.2 Å². The molecule has 7 heteroatoms. The van der Waals surface area contributed by atoms with E-state index in [0.29, 0.717) is 16.6 Å². The van der Waals surface area contributed by atoms with E-state index in [-0.39, 0.29) is 11.9 Å². The summed E-state index contributed by atoms with van der Waals surface area (Å²) >= 11 is 12.6. The van der Waals surface area contributed by atoms with Gasteiger partial charge in [0, 0.05) is 29.3 Å². The fraction of sp³-hybridized carbons (Fsp3) is 0.190. The summed E-state index contributed by atoms with van der Waals surface area (Å²) in [5, 5.41) is 7.87. The van der Waals surface area contributed by atoms with Crippen LogP contribution in [0.5, 0.6) is 5.75 Å². The highest BCUT2D eigenvalue weighted by Crippen LogP contribution is 2.37. The van der Waals surface area contributed by atoms with Crippen LogP contribution in [-0.4, -0.2) is 28.7 Å². The lowest BCUT2D eigenvalue weighted by molar-refractivity contribution is -0.130. The van der Waals surface area contributed by atoms with E-state index >= 15 is 0 Å². The number of hydrazone groups is 1. The Labute approximate surface area is 172 Å². The number of carbonyl (C=O) groups excluding carboxylic acids is 1. The lowest BCUT2D eigenvalue weighted by Crippen LogP contribution is -2.24. The van der Waals surface area contributed by atoms with Gasteiger partial charge in [-0.25, -0.2) is 9.99 Å². The van der Waals surface area contributed by atoms with Crippen molar-refractivity contribution in [2.24, 2.45) is 5.10 Å². The molecule has 0 unspecified atom stereocenters. The quantitative estimate of drug-likeness (QED) is 0.551. The number of hydrogen-bond donors (Lipinski definition) is 0. The van der Waals surface area contributed by atoms with Crippen LogP contribution < -0.4 is 4.74 Å². The monoisotopic (exact) mass is 413 g/mol. The van der Waals surface area contributed by atoms with Crippen LogP contribution in [0.1, 0.15) is 30.5 Å². The Morgan fingerprint density at radius 3 is 2.71 bits per heavy atom. The lowest BCUT2D eigenvalue weighted by Gasteiger charge is -2.21. The second-order valence-corrected chi connectivity index (χ2v) is 7.36. The van der Waals surface area contributed by atoms with Gasteiger partial charge in [0.25, 0.3) is 0 Å². The summed E-state index contributed by atoms with van der Waals surface area (Å²) in [7, 11) is 1.62. The van der Waals surface area contributed by atoms with Crippen LogP contribution in [0.2, 0.25) is 10.2 Å². The molecule has 1 aliphatic heterocycles. The van der Waals surface area contributed by atoms with E-state index in [1.807, 2.05) is 42.5 Å². The van der Waals surface area contributed by atoms with Crippen molar-refractivity contribution in [3.8, 4) is 5.75 Å². The Morgan fingerprint density at radius 1 is 1.18 bits per heavy atom. The number of hydrogen-bond acceptors (Lipinski definition) is 4. The van der Waals surface area contributed by atoms with E-state index in [2.05, 4.69) is 10.1 Å². The van der Waals surface area contributed by atoms with Crippen molar-refractivity contribution in [2.75, 3.05) is 7.11 Å². The molecule has 0 saturated heterocycles. The van der Waals surface area contributed by atoms with Crippen LogP contribution in [-0.2, 0) is 4.79 Å². The third-order valence-corrected chi connectivity index (χ3v) is 5.29. The molecule has 0 aliphatic carbocycles. The number of rotatable bonds is 3. The van der Waals surface area contributed by atoms with Crippen molar-refractivity contribution in [1.29, 1.82) is 0 Å². The van der Waals surface area contributed by atoms with E-state index in [0.717, 1.165) is 33.5 Å². The second kappa shape index (κ2) is 7.41.